The van der Waals surface area contributed by atoms with E-state index in [9.17, 15) is 0 Å². The Hall–Kier alpha value is -1.14. The highest BCUT2D eigenvalue weighted by atomic mass is 35.5. The van der Waals surface area contributed by atoms with Crippen molar-refractivity contribution in [1.29, 1.82) is 0 Å². The summed E-state index contributed by atoms with van der Waals surface area (Å²) in [6.07, 6.45) is 2.56. The second kappa shape index (κ2) is 7.59. The second-order valence-electron chi connectivity index (χ2n) is 4.76. The highest BCUT2D eigenvalue weighted by Crippen LogP contribution is 2.15. The van der Waals surface area contributed by atoms with Crippen LogP contribution in [0.3, 0.4) is 0 Å². The number of halogens is 1. The molecule has 0 atom stereocenters. The smallest absolute Gasteiger partial charge is 0.322 e. The molecule has 1 aliphatic heterocycles. The highest BCUT2D eigenvalue weighted by molar-refractivity contribution is 6.28. The van der Waals surface area contributed by atoms with E-state index < -0.39 is 0 Å². The van der Waals surface area contributed by atoms with Gasteiger partial charge >= 0.3 is 6.01 Å². The Labute approximate surface area is 125 Å². The number of rotatable bonds is 7. The molecule has 2 rings (SSSR count). The van der Waals surface area contributed by atoms with Crippen molar-refractivity contribution in [2.24, 2.45) is 0 Å². The predicted molar refractivity (Wildman–Crippen MR) is 79.6 cm³/mol. The van der Waals surface area contributed by atoms with E-state index in [1.165, 1.54) is 12.8 Å². The molecule has 1 aromatic heterocycles. The Morgan fingerprint density at radius 3 is 2.50 bits per heavy atom. The van der Waals surface area contributed by atoms with Crippen molar-refractivity contribution in [3.63, 3.8) is 0 Å². The van der Waals surface area contributed by atoms with Gasteiger partial charge in [0.25, 0.3) is 0 Å². The topological polar surface area (TPSA) is 54.4 Å². The van der Waals surface area contributed by atoms with Crippen LogP contribution in [0, 0.1) is 0 Å². The molecule has 2 heterocycles. The molecule has 1 fully saturated rings. The molecule has 0 aliphatic carbocycles. The number of hydrogen-bond donors (Lipinski definition) is 0. The molecule has 0 amide bonds. The normalized spacial score (nSPS) is 15.6. The molecule has 20 heavy (non-hydrogen) atoms. The van der Waals surface area contributed by atoms with E-state index in [-0.39, 0.29) is 5.28 Å². The van der Waals surface area contributed by atoms with Gasteiger partial charge in [-0.05, 0) is 51.4 Å². The van der Waals surface area contributed by atoms with Gasteiger partial charge in [-0.15, -0.1) is 0 Å². The van der Waals surface area contributed by atoms with Crippen LogP contribution in [0.1, 0.15) is 26.7 Å². The fourth-order valence-corrected chi connectivity index (χ4v) is 2.45. The first kappa shape index (κ1) is 15.3. The molecule has 0 unspecified atom stereocenters. The number of nitrogens with zero attached hydrogens (tertiary/aromatic N) is 5. The third kappa shape index (κ3) is 4.18. The van der Waals surface area contributed by atoms with E-state index in [4.69, 9.17) is 16.3 Å². The van der Waals surface area contributed by atoms with Gasteiger partial charge in [0.1, 0.15) is 6.61 Å². The lowest BCUT2D eigenvalue weighted by atomic mass is 10.4. The van der Waals surface area contributed by atoms with E-state index in [0.29, 0.717) is 18.6 Å². The van der Waals surface area contributed by atoms with Crippen LogP contribution in [0.2, 0.25) is 5.28 Å². The lowest BCUT2D eigenvalue weighted by Gasteiger charge is -2.19. The minimum absolute atomic E-state index is 0.179. The van der Waals surface area contributed by atoms with Gasteiger partial charge < -0.3 is 9.64 Å². The molecule has 0 N–H and O–H groups in total. The number of hydrogen-bond acceptors (Lipinski definition) is 6. The van der Waals surface area contributed by atoms with Crippen molar-refractivity contribution in [3.8, 4) is 6.01 Å². The zero-order valence-electron chi connectivity index (χ0n) is 12.2. The highest BCUT2D eigenvalue weighted by Gasteiger charge is 2.13. The van der Waals surface area contributed by atoms with Crippen LogP contribution in [0.25, 0.3) is 0 Å². The van der Waals surface area contributed by atoms with Crippen molar-refractivity contribution >= 4 is 17.5 Å². The Morgan fingerprint density at radius 2 is 1.85 bits per heavy atom. The second-order valence-corrected chi connectivity index (χ2v) is 5.09. The number of ether oxygens (including phenoxy) is 1. The van der Waals surface area contributed by atoms with Gasteiger partial charge in [-0.1, -0.05) is 0 Å². The van der Waals surface area contributed by atoms with Crippen LogP contribution in [0.15, 0.2) is 0 Å². The Balaban J connectivity index is 1.92. The number of aromatic nitrogens is 3. The zero-order valence-corrected chi connectivity index (χ0v) is 12.9. The molecule has 7 heteroatoms. The quantitative estimate of drug-likeness (QED) is 0.766. The molecule has 112 valence electrons. The third-order valence-corrected chi connectivity index (χ3v) is 3.63. The Kier molecular flexibility index (Phi) is 5.79. The van der Waals surface area contributed by atoms with Crippen molar-refractivity contribution < 1.29 is 4.74 Å². The van der Waals surface area contributed by atoms with E-state index in [1.54, 1.807) is 0 Å². The molecule has 0 saturated carbocycles. The third-order valence-electron chi connectivity index (χ3n) is 3.46. The minimum Gasteiger partial charge on any atom is -0.462 e. The van der Waals surface area contributed by atoms with Gasteiger partial charge in [-0.2, -0.15) is 15.0 Å². The lowest BCUT2D eigenvalue weighted by Crippen LogP contribution is -2.26. The Morgan fingerprint density at radius 1 is 1.15 bits per heavy atom. The Bertz CT molecular complexity index is 421. The van der Waals surface area contributed by atoms with Crippen molar-refractivity contribution in [1.82, 2.24) is 19.9 Å². The van der Waals surface area contributed by atoms with Crippen molar-refractivity contribution in [2.45, 2.75) is 26.7 Å². The first-order valence-corrected chi connectivity index (χ1v) is 7.62. The number of anilines is 1. The molecular weight excluding hydrogens is 278 g/mol. The maximum absolute atomic E-state index is 5.93. The zero-order chi connectivity index (χ0) is 14.4. The average molecular weight is 300 g/mol. The van der Waals surface area contributed by atoms with E-state index in [1.807, 2.05) is 4.90 Å². The van der Waals surface area contributed by atoms with E-state index >= 15 is 0 Å². The summed E-state index contributed by atoms with van der Waals surface area (Å²) < 4.78 is 5.61. The largest absolute Gasteiger partial charge is 0.462 e. The molecule has 0 radical (unpaired) electrons. The lowest BCUT2D eigenvalue weighted by molar-refractivity contribution is 0.225. The summed E-state index contributed by atoms with van der Waals surface area (Å²) in [5, 5.41) is 0.179. The first-order chi connectivity index (χ1) is 9.72. The van der Waals surface area contributed by atoms with E-state index in [0.717, 1.165) is 32.7 Å². The van der Waals surface area contributed by atoms with Gasteiger partial charge in [-0.25, -0.2) is 0 Å². The van der Waals surface area contributed by atoms with Gasteiger partial charge in [0, 0.05) is 19.6 Å². The van der Waals surface area contributed by atoms with Crippen LogP contribution >= 0.6 is 11.6 Å². The summed E-state index contributed by atoms with van der Waals surface area (Å²) in [5.41, 5.74) is 0. The van der Waals surface area contributed by atoms with Crippen molar-refractivity contribution in [2.75, 3.05) is 44.2 Å². The molecular formula is C13H22ClN5O. The molecule has 6 nitrogen and oxygen atoms in total. The van der Waals surface area contributed by atoms with Crippen molar-refractivity contribution in [3.05, 3.63) is 5.28 Å². The maximum atomic E-state index is 5.93. The summed E-state index contributed by atoms with van der Waals surface area (Å²) in [7, 11) is 0. The monoisotopic (exact) mass is 299 g/mol. The van der Waals surface area contributed by atoms with Crippen LogP contribution in [-0.2, 0) is 0 Å². The summed E-state index contributed by atoms with van der Waals surface area (Å²) in [5.74, 6) is 0.575. The summed E-state index contributed by atoms with van der Waals surface area (Å²) >= 11 is 5.93. The van der Waals surface area contributed by atoms with E-state index in [2.05, 4.69) is 33.7 Å². The fourth-order valence-electron chi connectivity index (χ4n) is 2.31. The molecule has 1 saturated heterocycles. The van der Waals surface area contributed by atoms with Gasteiger partial charge in [0.2, 0.25) is 11.2 Å². The summed E-state index contributed by atoms with van der Waals surface area (Å²) in [6.45, 7) is 9.55. The summed E-state index contributed by atoms with van der Waals surface area (Å²) in [6, 6.07) is 0.311. The fraction of sp³-hybridized carbons (Fsp3) is 0.769. The molecule has 0 aromatic carbocycles. The van der Waals surface area contributed by atoms with Crippen LogP contribution in [-0.4, -0.2) is 59.2 Å². The summed E-state index contributed by atoms with van der Waals surface area (Å²) in [4.78, 5) is 16.9. The van der Waals surface area contributed by atoms with Gasteiger partial charge in [-0.3, -0.25) is 4.90 Å². The standard InChI is InChI=1S/C13H22ClN5O/c1-3-19(4-2)12-15-11(14)16-13(17-12)20-10-9-18-7-5-6-8-18/h3-10H2,1-2H3. The average Bonchev–Trinajstić information content (AvgIpc) is 2.93. The molecule has 0 bridgehead atoms. The van der Waals surface area contributed by atoms with Crippen LogP contribution < -0.4 is 9.64 Å². The maximum Gasteiger partial charge on any atom is 0.322 e. The first-order valence-electron chi connectivity index (χ1n) is 7.24. The SMILES string of the molecule is CCN(CC)c1nc(Cl)nc(OCCN2CCCC2)n1. The van der Waals surface area contributed by atoms with Crippen LogP contribution in [0.5, 0.6) is 6.01 Å². The van der Waals surface area contributed by atoms with Gasteiger partial charge in [0.15, 0.2) is 0 Å². The minimum atomic E-state index is 0.179. The molecule has 0 spiro atoms. The predicted octanol–water partition coefficient (Wildman–Crippen LogP) is 1.85. The molecule has 1 aromatic rings. The van der Waals surface area contributed by atoms with Crippen LogP contribution in [0.4, 0.5) is 5.95 Å². The van der Waals surface area contributed by atoms with Gasteiger partial charge in [0.05, 0.1) is 0 Å². The molecule has 1 aliphatic rings. The number of likely N-dealkylation sites (tertiary alicyclic amines) is 1.